The van der Waals surface area contributed by atoms with E-state index >= 15 is 0 Å². The van der Waals surface area contributed by atoms with Gasteiger partial charge in [-0.1, -0.05) is 67.3 Å². The first-order valence-corrected chi connectivity index (χ1v) is 6.23. The molecule has 0 nitrogen and oxygen atoms in total. The molecule has 0 bridgehead atoms. The Bertz CT molecular complexity index is 535. The van der Waals surface area contributed by atoms with Crippen molar-refractivity contribution in [2.75, 3.05) is 0 Å². The summed E-state index contributed by atoms with van der Waals surface area (Å²) in [7, 11) is 0. The Kier molecular flexibility index (Phi) is 4.14. The predicted octanol–water partition coefficient (Wildman–Crippen LogP) is 4.65. The Hall–Kier alpha value is -2.08. The summed E-state index contributed by atoms with van der Waals surface area (Å²) >= 11 is 0. The minimum Gasteiger partial charge on any atom is -0.103 e. The molecule has 0 aliphatic rings. The molecule has 0 heterocycles. The molecule has 0 fully saturated rings. The molecule has 0 atom stereocenters. The number of benzene rings is 2. The normalized spacial score (nSPS) is 10.0. The first kappa shape index (κ1) is 12.4. The van der Waals surface area contributed by atoms with E-state index in [1.807, 2.05) is 18.2 Å². The topological polar surface area (TPSA) is 0 Å². The van der Waals surface area contributed by atoms with E-state index in [9.17, 15) is 0 Å². The van der Waals surface area contributed by atoms with Crippen molar-refractivity contribution in [1.82, 2.24) is 0 Å². The summed E-state index contributed by atoms with van der Waals surface area (Å²) in [6.45, 7) is 7.74. The van der Waals surface area contributed by atoms with Crippen molar-refractivity contribution >= 4 is 6.08 Å². The van der Waals surface area contributed by atoms with Crippen LogP contribution in [0.3, 0.4) is 0 Å². The maximum atomic E-state index is 3.91. The summed E-state index contributed by atoms with van der Waals surface area (Å²) in [4.78, 5) is 0. The Morgan fingerprint density at radius 2 is 1.67 bits per heavy atom. The Morgan fingerprint density at radius 3 is 2.33 bits per heavy atom. The molecule has 0 heteroatoms. The number of hydrogen-bond acceptors (Lipinski definition) is 0. The molecule has 2 aromatic rings. The van der Waals surface area contributed by atoms with Gasteiger partial charge in [-0.05, 0) is 35.1 Å². The van der Waals surface area contributed by atoms with Gasteiger partial charge in [-0.2, -0.15) is 0 Å². The van der Waals surface area contributed by atoms with Gasteiger partial charge in [0.05, 0.1) is 0 Å². The van der Waals surface area contributed by atoms with Crippen LogP contribution in [0.25, 0.3) is 6.08 Å². The zero-order valence-corrected chi connectivity index (χ0v) is 10.6. The third kappa shape index (κ3) is 2.78. The summed E-state index contributed by atoms with van der Waals surface area (Å²) < 4.78 is 0. The molecule has 0 spiro atoms. The number of allylic oxidation sites excluding steroid dienone is 1. The van der Waals surface area contributed by atoms with Crippen LogP contribution in [0.5, 0.6) is 0 Å². The molecule has 0 aliphatic heterocycles. The second-order valence-electron chi connectivity index (χ2n) is 4.34. The lowest BCUT2D eigenvalue weighted by Gasteiger charge is -2.12. The maximum absolute atomic E-state index is 3.91. The Balaban J connectivity index is 2.40. The maximum Gasteiger partial charge on any atom is -0.00170 e. The number of hydrogen-bond donors (Lipinski definition) is 0. The average molecular weight is 234 g/mol. The minimum atomic E-state index is 0.907. The fourth-order valence-corrected chi connectivity index (χ4v) is 2.21. The molecule has 0 radical (unpaired) electrons. The average Bonchev–Trinajstić information content (AvgIpc) is 2.42. The molecule has 0 unspecified atom stereocenters. The quantitative estimate of drug-likeness (QED) is 0.661. The van der Waals surface area contributed by atoms with Gasteiger partial charge in [0.2, 0.25) is 0 Å². The van der Waals surface area contributed by atoms with Crippen LogP contribution in [-0.2, 0) is 12.8 Å². The van der Waals surface area contributed by atoms with Crippen molar-refractivity contribution < 1.29 is 0 Å². The van der Waals surface area contributed by atoms with Crippen LogP contribution < -0.4 is 0 Å². The summed E-state index contributed by atoms with van der Waals surface area (Å²) in [5.41, 5.74) is 5.25. The molecular weight excluding hydrogens is 216 g/mol. The van der Waals surface area contributed by atoms with Crippen LogP contribution in [0.1, 0.15) is 22.3 Å². The SMILES string of the molecule is C=CCc1cccc(C=C)c1Cc1ccccc1. The molecule has 18 heavy (non-hydrogen) atoms. The van der Waals surface area contributed by atoms with Crippen molar-refractivity contribution in [1.29, 1.82) is 0 Å². The molecule has 0 saturated carbocycles. The van der Waals surface area contributed by atoms with Crippen LogP contribution in [0.15, 0.2) is 67.8 Å². The van der Waals surface area contributed by atoms with Crippen molar-refractivity contribution in [3.8, 4) is 0 Å². The highest BCUT2D eigenvalue weighted by Gasteiger charge is 2.06. The zero-order valence-electron chi connectivity index (χ0n) is 10.6. The largest absolute Gasteiger partial charge is 0.103 e. The Labute approximate surface area is 109 Å². The highest BCUT2D eigenvalue weighted by atomic mass is 14.1. The zero-order chi connectivity index (χ0) is 12.8. The van der Waals surface area contributed by atoms with Gasteiger partial charge in [0.15, 0.2) is 0 Å². The van der Waals surface area contributed by atoms with Crippen LogP contribution in [0.4, 0.5) is 0 Å². The van der Waals surface area contributed by atoms with E-state index in [1.54, 1.807) is 0 Å². The van der Waals surface area contributed by atoms with Gasteiger partial charge in [0, 0.05) is 0 Å². The highest BCUT2D eigenvalue weighted by Crippen LogP contribution is 2.21. The molecule has 0 aliphatic carbocycles. The third-order valence-corrected chi connectivity index (χ3v) is 3.12. The monoisotopic (exact) mass is 234 g/mol. The molecular formula is C18H18. The van der Waals surface area contributed by atoms with E-state index in [4.69, 9.17) is 0 Å². The third-order valence-electron chi connectivity index (χ3n) is 3.12. The van der Waals surface area contributed by atoms with E-state index < -0.39 is 0 Å². The van der Waals surface area contributed by atoms with Gasteiger partial charge < -0.3 is 0 Å². The van der Waals surface area contributed by atoms with Gasteiger partial charge in [-0.3, -0.25) is 0 Å². The van der Waals surface area contributed by atoms with Gasteiger partial charge in [-0.15, -0.1) is 6.58 Å². The fourth-order valence-electron chi connectivity index (χ4n) is 2.21. The molecule has 0 saturated heterocycles. The first-order chi connectivity index (χ1) is 8.85. The summed E-state index contributed by atoms with van der Waals surface area (Å²) in [6, 6.07) is 16.9. The van der Waals surface area contributed by atoms with E-state index in [0.29, 0.717) is 0 Å². The lowest BCUT2D eigenvalue weighted by atomic mass is 9.93. The van der Waals surface area contributed by atoms with Crippen LogP contribution in [0, 0.1) is 0 Å². The first-order valence-electron chi connectivity index (χ1n) is 6.23. The van der Waals surface area contributed by atoms with Crippen LogP contribution in [0.2, 0.25) is 0 Å². The second kappa shape index (κ2) is 6.02. The van der Waals surface area contributed by atoms with Gasteiger partial charge in [-0.25, -0.2) is 0 Å². The van der Waals surface area contributed by atoms with E-state index in [-0.39, 0.29) is 0 Å². The van der Waals surface area contributed by atoms with E-state index in [0.717, 1.165) is 12.8 Å². The molecule has 90 valence electrons. The molecule has 0 amide bonds. The second-order valence-corrected chi connectivity index (χ2v) is 4.34. The van der Waals surface area contributed by atoms with Crippen molar-refractivity contribution in [2.45, 2.75) is 12.8 Å². The molecule has 0 N–H and O–H groups in total. The lowest BCUT2D eigenvalue weighted by Crippen LogP contribution is -1.98. The molecule has 0 aromatic heterocycles. The van der Waals surface area contributed by atoms with Crippen molar-refractivity contribution in [2.24, 2.45) is 0 Å². The van der Waals surface area contributed by atoms with Gasteiger partial charge >= 0.3 is 0 Å². The van der Waals surface area contributed by atoms with Gasteiger partial charge in [0.1, 0.15) is 0 Å². The summed E-state index contributed by atoms with van der Waals surface area (Å²) in [5.74, 6) is 0. The molecule has 2 aromatic carbocycles. The van der Waals surface area contributed by atoms with Crippen LogP contribution in [-0.4, -0.2) is 0 Å². The minimum absolute atomic E-state index is 0.907. The van der Waals surface area contributed by atoms with Crippen LogP contribution >= 0.6 is 0 Å². The molecule has 2 rings (SSSR count). The standard InChI is InChI=1S/C18H18/c1-3-9-17-13-8-12-16(4-2)18(17)14-15-10-6-5-7-11-15/h3-8,10-13H,1-2,9,14H2. The number of rotatable bonds is 5. The highest BCUT2D eigenvalue weighted by molar-refractivity contribution is 5.56. The van der Waals surface area contributed by atoms with Crippen molar-refractivity contribution in [3.63, 3.8) is 0 Å². The summed E-state index contributed by atoms with van der Waals surface area (Å²) in [6.07, 6.45) is 5.75. The van der Waals surface area contributed by atoms with E-state index in [2.05, 4.69) is 55.6 Å². The summed E-state index contributed by atoms with van der Waals surface area (Å²) in [5, 5.41) is 0. The van der Waals surface area contributed by atoms with E-state index in [1.165, 1.54) is 22.3 Å². The Morgan fingerprint density at radius 1 is 0.889 bits per heavy atom. The smallest absolute Gasteiger partial charge is 0.00170 e. The predicted molar refractivity (Wildman–Crippen MR) is 79.7 cm³/mol. The fraction of sp³-hybridized carbons (Fsp3) is 0.111. The van der Waals surface area contributed by atoms with Gasteiger partial charge in [0.25, 0.3) is 0 Å². The van der Waals surface area contributed by atoms with Crippen molar-refractivity contribution in [3.05, 3.63) is 90.0 Å². The lowest BCUT2D eigenvalue weighted by molar-refractivity contribution is 1.11.